The SMILES string of the molecule is O=C(/C=C\c1ccc(Cl)cc1)NS(=O)(=O)c1ccc(F)c2ncccc12. The van der Waals surface area contributed by atoms with Crippen LogP contribution in [-0.2, 0) is 14.8 Å². The third-order valence-electron chi connectivity index (χ3n) is 3.50. The number of amides is 1. The van der Waals surface area contributed by atoms with Crippen molar-refractivity contribution >= 4 is 44.5 Å². The van der Waals surface area contributed by atoms with Crippen molar-refractivity contribution in [3.63, 3.8) is 0 Å². The van der Waals surface area contributed by atoms with Gasteiger partial charge in [-0.2, -0.15) is 0 Å². The Hall–Kier alpha value is -2.77. The minimum atomic E-state index is -4.19. The molecule has 0 atom stereocenters. The zero-order valence-corrected chi connectivity index (χ0v) is 14.8. The molecular formula is C18H12ClFN2O3S. The van der Waals surface area contributed by atoms with Crippen molar-refractivity contribution in [3.05, 3.63) is 77.2 Å². The fourth-order valence-electron chi connectivity index (χ4n) is 2.31. The zero-order chi connectivity index (χ0) is 18.7. The number of rotatable bonds is 4. The summed E-state index contributed by atoms with van der Waals surface area (Å²) in [7, 11) is -4.19. The van der Waals surface area contributed by atoms with Gasteiger partial charge in [-0.25, -0.2) is 17.5 Å². The standard InChI is InChI=1S/C18H12ClFN2O3S/c19-13-6-3-12(4-7-13)5-10-17(23)22-26(24,25)16-9-8-15(20)18-14(16)2-1-11-21-18/h1-11H,(H,22,23)/b10-5-. The van der Waals surface area contributed by atoms with E-state index in [9.17, 15) is 17.6 Å². The molecule has 0 saturated carbocycles. The molecule has 8 heteroatoms. The van der Waals surface area contributed by atoms with E-state index in [2.05, 4.69) is 4.98 Å². The lowest BCUT2D eigenvalue weighted by Crippen LogP contribution is -2.29. The summed E-state index contributed by atoms with van der Waals surface area (Å²) in [6.07, 6.45) is 3.89. The van der Waals surface area contributed by atoms with Gasteiger partial charge in [-0.3, -0.25) is 9.78 Å². The Kier molecular flexibility index (Phi) is 5.01. The molecule has 0 aliphatic rings. The summed E-state index contributed by atoms with van der Waals surface area (Å²) < 4.78 is 40.7. The third-order valence-corrected chi connectivity index (χ3v) is 5.16. The van der Waals surface area contributed by atoms with Gasteiger partial charge < -0.3 is 0 Å². The molecule has 0 spiro atoms. The molecule has 0 unspecified atom stereocenters. The van der Waals surface area contributed by atoms with E-state index in [-0.39, 0.29) is 15.8 Å². The highest BCUT2D eigenvalue weighted by Gasteiger charge is 2.20. The molecule has 1 amide bonds. The van der Waals surface area contributed by atoms with Gasteiger partial charge in [0.05, 0.1) is 4.90 Å². The molecule has 0 aliphatic carbocycles. The molecule has 3 aromatic rings. The molecule has 132 valence electrons. The van der Waals surface area contributed by atoms with E-state index in [1.54, 1.807) is 24.3 Å². The summed E-state index contributed by atoms with van der Waals surface area (Å²) in [5.74, 6) is -1.48. The van der Waals surface area contributed by atoms with E-state index in [4.69, 9.17) is 11.6 Å². The third kappa shape index (κ3) is 3.89. The van der Waals surface area contributed by atoms with Crippen LogP contribution in [0.25, 0.3) is 17.0 Å². The van der Waals surface area contributed by atoms with Crippen molar-refractivity contribution in [1.82, 2.24) is 9.71 Å². The first-order valence-electron chi connectivity index (χ1n) is 7.40. The van der Waals surface area contributed by atoms with Gasteiger partial charge in [0.1, 0.15) is 11.3 Å². The number of benzene rings is 2. The highest BCUT2D eigenvalue weighted by molar-refractivity contribution is 7.90. The van der Waals surface area contributed by atoms with Gasteiger partial charge in [0.25, 0.3) is 15.9 Å². The van der Waals surface area contributed by atoms with E-state index in [0.29, 0.717) is 10.6 Å². The first-order chi connectivity index (χ1) is 12.4. The van der Waals surface area contributed by atoms with Gasteiger partial charge >= 0.3 is 0 Å². The number of hydrogen-bond donors (Lipinski definition) is 1. The predicted molar refractivity (Wildman–Crippen MR) is 97.5 cm³/mol. The van der Waals surface area contributed by atoms with Gasteiger partial charge in [-0.15, -0.1) is 0 Å². The summed E-state index contributed by atoms with van der Waals surface area (Å²) >= 11 is 5.77. The lowest BCUT2D eigenvalue weighted by atomic mass is 10.2. The molecular weight excluding hydrogens is 379 g/mol. The first kappa shape index (κ1) is 18.0. The van der Waals surface area contributed by atoms with Gasteiger partial charge in [0.2, 0.25) is 0 Å². The number of nitrogens with one attached hydrogen (secondary N) is 1. The Morgan fingerprint density at radius 2 is 1.85 bits per heavy atom. The van der Waals surface area contributed by atoms with E-state index < -0.39 is 21.7 Å². The fraction of sp³-hybridized carbons (Fsp3) is 0. The van der Waals surface area contributed by atoms with Crippen LogP contribution in [0.1, 0.15) is 5.56 Å². The van der Waals surface area contributed by atoms with Crippen LogP contribution in [0.15, 0.2) is 65.7 Å². The number of sulfonamides is 1. The van der Waals surface area contributed by atoms with E-state index in [1.807, 2.05) is 4.72 Å². The molecule has 0 saturated heterocycles. The van der Waals surface area contributed by atoms with E-state index in [1.165, 1.54) is 24.4 Å². The Morgan fingerprint density at radius 1 is 1.12 bits per heavy atom. The first-order valence-corrected chi connectivity index (χ1v) is 9.26. The second-order valence-corrected chi connectivity index (χ2v) is 7.39. The van der Waals surface area contributed by atoms with Gasteiger partial charge in [-0.1, -0.05) is 23.7 Å². The number of halogens is 2. The molecule has 1 heterocycles. The number of carbonyl (C=O) groups is 1. The van der Waals surface area contributed by atoms with Crippen molar-refractivity contribution in [3.8, 4) is 0 Å². The van der Waals surface area contributed by atoms with Crippen LogP contribution in [0.4, 0.5) is 4.39 Å². The van der Waals surface area contributed by atoms with Crippen LogP contribution in [0.3, 0.4) is 0 Å². The maximum Gasteiger partial charge on any atom is 0.264 e. The average Bonchev–Trinajstić information content (AvgIpc) is 2.61. The number of carbonyl (C=O) groups excluding carboxylic acids is 1. The summed E-state index contributed by atoms with van der Waals surface area (Å²) in [6.45, 7) is 0. The van der Waals surface area contributed by atoms with Crippen LogP contribution in [0, 0.1) is 5.82 Å². The van der Waals surface area contributed by atoms with Crippen LogP contribution >= 0.6 is 11.6 Å². The molecule has 1 N–H and O–H groups in total. The summed E-state index contributed by atoms with van der Waals surface area (Å²) in [5, 5.41) is 0.639. The summed E-state index contributed by atoms with van der Waals surface area (Å²) in [4.78, 5) is 15.6. The van der Waals surface area contributed by atoms with Crippen LogP contribution in [-0.4, -0.2) is 19.3 Å². The van der Waals surface area contributed by atoms with Crippen molar-refractivity contribution in [2.45, 2.75) is 4.90 Å². The average molecular weight is 391 g/mol. The quantitative estimate of drug-likeness (QED) is 0.691. The number of pyridine rings is 1. The molecule has 0 radical (unpaired) electrons. The molecule has 0 fully saturated rings. The van der Waals surface area contributed by atoms with Crippen molar-refractivity contribution in [2.75, 3.05) is 0 Å². The molecule has 26 heavy (non-hydrogen) atoms. The Bertz CT molecular complexity index is 1110. The number of fused-ring (bicyclic) bond motifs is 1. The van der Waals surface area contributed by atoms with Gasteiger partial charge in [0, 0.05) is 22.7 Å². The largest absolute Gasteiger partial charge is 0.269 e. The van der Waals surface area contributed by atoms with Crippen LogP contribution in [0.5, 0.6) is 0 Å². The molecule has 5 nitrogen and oxygen atoms in total. The normalized spacial score (nSPS) is 11.8. The lowest BCUT2D eigenvalue weighted by Gasteiger charge is -2.08. The second-order valence-electron chi connectivity index (χ2n) is 5.30. The Morgan fingerprint density at radius 3 is 2.58 bits per heavy atom. The fourth-order valence-corrected chi connectivity index (χ4v) is 3.58. The summed E-state index contributed by atoms with van der Waals surface area (Å²) in [5.41, 5.74) is 0.595. The topological polar surface area (TPSA) is 76.1 Å². The minimum absolute atomic E-state index is 0.0838. The monoisotopic (exact) mass is 390 g/mol. The Balaban J connectivity index is 1.86. The molecule has 0 aliphatic heterocycles. The van der Waals surface area contributed by atoms with Gasteiger partial charge in [-0.05, 0) is 48.0 Å². The molecule has 0 bridgehead atoms. The predicted octanol–water partition coefficient (Wildman–Crippen LogP) is 3.55. The van der Waals surface area contributed by atoms with E-state index in [0.717, 1.165) is 18.2 Å². The summed E-state index contributed by atoms with van der Waals surface area (Å²) in [6, 6.07) is 11.7. The molecule has 3 rings (SSSR count). The minimum Gasteiger partial charge on any atom is -0.269 e. The lowest BCUT2D eigenvalue weighted by molar-refractivity contribution is -0.114. The number of nitrogens with zero attached hydrogens (tertiary/aromatic N) is 1. The zero-order valence-electron chi connectivity index (χ0n) is 13.2. The number of aromatic nitrogens is 1. The van der Waals surface area contributed by atoms with Crippen molar-refractivity contribution in [2.24, 2.45) is 0 Å². The van der Waals surface area contributed by atoms with Crippen molar-refractivity contribution < 1.29 is 17.6 Å². The van der Waals surface area contributed by atoms with E-state index >= 15 is 0 Å². The maximum atomic E-state index is 13.8. The van der Waals surface area contributed by atoms with Crippen LogP contribution < -0.4 is 4.72 Å². The molecule has 2 aromatic carbocycles. The highest BCUT2D eigenvalue weighted by atomic mass is 35.5. The van der Waals surface area contributed by atoms with Crippen LogP contribution in [0.2, 0.25) is 5.02 Å². The smallest absolute Gasteiger partial charge is 0.264 e. The Labute approximate surface area is 154 Å². The second kappa shape index (κ2) is 7.23. The number of hydrogen-bond acceptors (Lipinski definition) is 4. The highest BCUT2D eigenvalue weighted by Crippen LogP contribution is 2.23. The molecule has 1 aromatic heterocycles. The van der Waals surface area contributed by atoms with Gasteiger partial charge in [0.15, 0.2) is 0 Å². The maximum absolute atomic E-state index is 13.8. The van der Waals surface area contributed by atoms with Crippen molar-refractivity contribution in [1.29, 1.82) is 0 Å².